The first kappa shape index (κ1) is 38.7. The van der Waals surface area contributed by atoms with Gasteiger partial charge in [-0.15, -0.1) is 6.58 Å². The second-order valence-electron chi connectivity index (χ2n) is 11.5. The third-order valence-electron chi connectivity index (χ3n) is 8.08. The van der Waals surface area contributed by atoms with Gasteiger partial charge in [0.2, 0.25) is 0 Å². The predicted molar refractivity (Wildman–Crippen MR) is 203 cm³/mol. The van der Waals surface area contributed by atoms with E-state index in [0.717, 1.165) is 11.1 Å². The van der Waals surface area contributed by atoms with Crippen LogP contribution in [0.25, 0.3) is 6.08 Å². The Morgan fingerprint density at radius 2 is 1.77 bits per heavy atom. The fourth-order valence-corrected chi connectivity index (χ4v) is 7.33. The van der Waals surface area contributed by atoms with E-state index in [1.165, 1.54) is 30.1 Å². The first-order valence-electron chi connectivity index (χ1n) is 16.6. The molecule has 0 unspecified atom stereocenters. The lowest BCUT2D eigenvalue weighted by atomic mass is 9.94. The molecule has 0 saturated heterocycles. The van der Waals surface area contributed by atoms with E-state index in [4.69, 9.17) is 56.6 Å². The number of ether oxygens (including phenoxy) is 6. The Balaban J connectivity index is 1.66. The van der Waals surface area contributed by atoms with Gasteiger partial charge in [-0.25, -0.2) is 9.79 Å². The van der Waals surface area contributed by atoms with Crippen molar-refractivity contribution in [3.05, 3.63) is 124 Å². The Kier molecular flexibility index (Phi) is 13.2. The summed E-state index contributed by atoms with van der Waals surface area (Å²) in [6.45, 7) is 10.5. The van der Waals surface area contributed by atoms with Crippen LogP contribution in [0.1, 0.15) is 49.1 Å². The first-order chi connectivity index (χ1) is 25.1. The molecule has 10 nitrogen and oxygen atoms in total. The Labute approximate surface area is 316 Å². The highest BCUT2D eigenvalue weighted by Crippen LogP contribution is 2.41. The van der Waals surface area contributed by atoms with Gasteiger partial charge in [0.15, 0.2) is 27.8 Å². The van der Waals surface area contributed by atoms with Crippen molar-refractivity contribution in [3.63, 3.8) is 0 Å². The number of hydrogen-bond acceptors (Lipinski definition) is 10. The zero-order chi connectivity index (χ0) is 37.4. The average Bonchev–Trinajstić information content (AvgIpc) is 3.42. The van der Waals surface area contributed by atoms with Crippen LogP contribution in [0.4, 0.5) is 0 Å². The average molecular weight is 768 g/mol. The minimum atomic E-state index is -0.920. The van der Waals surface area contributed by atoms with Gasteiger partial charge in [-0.3, -0.25) is 9.36 Å². The normalized spacial score (nSPS) is 14.1. The SMILES string of the molecule is C=CCc1cc(/C=c2/sc3n(c2=O)[C@@H](c2cccc(OC)c2OCC)C(C(=O)OCCOC)=C(C)N=3)cc(OCC)c1OCc1ccc(Cl)cc1Cl. The molecule has 1 atom stereocenters. The van der Waals surface area contributed by atoms with Gasteiger partial charge in [-0.2, -0.15) is 0 Å². The number of fused-ring (bicyclic) bond motifs is 1. The van der Waals surface area contributed by atoms with E-state index in [2.05, 4.69) is 6.58 Å². The number of methoxy groups -OCH3 is 2. The summed E-state index contributed by atoms with van der Waals surface area (Å²) in [5, 5.41) is 1.02. The summed E-state index contributed by atoms with van der Waals surface area (Å²) in [5.41, 5.74) is 3.09. The number of rotatable bonds is 16. The number of para-hydroxylation sites is 1. The molecule has 274 valence electrons. The molecular formula is C39H40Cl2N2O8S. The predicted octanol–water partition coefficient (Wildman–Crippen LogP) is 6.85. The molecule has 1 aliphatic rings. The van der Waals surface area contributed by atoms with Crippen LogP contribution in [0, 0.1) is 0 Å². The van der Waals surface area contributed by atoms with Gasteiger partial charge in [0.1, 0.15) is 19.3 Å². The Morgan fingerprint density at radius 1 is 0.981 bits per heavy atom. The number of benzene rings is 3. The monoisotopic (exact) mass is 766 g/mol. The van der Waals surface area contributed by atoms with Crippen LogP contribution in [0.3, 0.4) is 0 Å². The zero-order valence-corrected chi connectivity index (χ0v) is 32.0. The summed E-state index contributed by atoms with van der Waals surface area (Å²) >= 11 is 13.7. The Hall–Kier alpha value is -4.55. The maximum atomic E-state index is 14.5. The van der Waals surface area contributed by atoms with E-state index in [1.807, 2.05) is 38.1 Å². The molecular weight excluding hydrogens is 727 g/mol. The molecule has 1 aliphatic heterocycles. The van der Waals surface area contributed by atoms with E-state index >= 15 is 0 Å². The quantitative estimate of drug-likeness (QED) is 0.0694. The fraction of sp³-hybridized carbons (Fsp3) is 0.308. The highest BCUT2D eigenvalue weighted by Gasteiger charge is 2.36. The first-order valence-corrected chi connectivity index (χ1v) is 18.2. The second-order valence-corrected chi connectivity index (χ2v) is 13.3. The maximum Gasteiger partial charge on any atom is 0.338 e. The van der Waals surface area contributed by atoms with Crippen molar-refractivity contribution in [2.75, 3.05) is 40.6 Å². The second kappa shape index (κ2) is 17.8. The number of halogens is 2. The molecule has 0 aliphatic carbocycles. The van der Waals surface area contributed by atoms with Gasteiger partial charge >= 0.3 is 5.97 Å². The van der Waals surface area contributed by atoms with E-state index in [1.54, 1.807) is 43.3 Å². The minimum absolute atomic E-state index is 0.0291. The summed E-state index contributed by atoms with van der Waals surface area (Å²) in [6, 6.07) is 13.4. The van der Waals surface area contributed by atoms with Crippen molar-refractivity contribution in [2.45, 2.75) is 39.8 Å². The van der Waals surface area contributed by atoms with Gasteiger partial charge < -0.3 is 28.4 Å². The lowest BCUT2D eigenvalue weighted by Gasteiger charge is -2.27. The molecule has 0 N–H and O–H groups in total. The fourth-order valence-electron chi connectivity index (χ4n) is 5.82. The van der Waals surface area contributed by atoms with Crippen LogP contribution in [0.5, 0.6) is 23.0 Å². The van der Waals surface area contributed by atoms with Crippen LogP contribution in [0.15, 0.2) is 82.2 Å². The van der Waals surface area contributed by atoms with Crippen molar-refractivity contribution < 1.29 is 33.2 Å². The smallest absolute Gasteiger partial charge is 0.338 e. The van der Waals surface area contributed by atoms with Crippen LogP contribution in [-0.2, 0) is 27.3 Å². The summed E-state index contributed by atoms with van der Waals surface area (Å²) in [7, 11) is 3.06. The molecule has 0 amide bonds. The summed E-state index contributed by atoms with van der Waals surface area (Å²) in [6.07, 6.45) is 4.02. The molecule has 0 radical (unpaired) electrons. The summed E-state index contributed by atoms with van der Waals surface area (Å²) in [5.74, 6) is 1.30. The molecule has 1 aromatic heterocycles. The van der Waals surface area contributed by atoms with Crippen molar-refractivity contribution >= 4 is 46.6 Å². The van der Waals surface area contributed by atoms with E-state index in [-0.39, 0.29) is 31.0 Å². The Morgan fingerprint density at radius 3 is 2.46 bits per heavy atom. The third kappa shape index (κ3) is 8.39. The van der Waals surface area contributed by atoms with Gasteiger partial charge in [-0.1, -0.05) is 58.8 Å². The lowest BCUT2D eigenvalue weighted by molar-refractivity contribution is -0.140. The van der Waals surface area contributed by atoms with Gasteiger partial charge in [-0.05, 0) is 69.2 Å². The van der Waals surface area contributed by atoms with Gasteiger partial charge in [0.25, 0.3) is 5.56 Å². The van der Waals surface area contributed by atoms with E-state index < -0.39 is 12.0 Å². The number of carbonyl (C=O) groups excluding carboxylic acids is 1. The van der Waals surface area contributed by atoms with Crippen molar-refractivity contribution in [2.24, 2.45) is 4.99 Å². The molecule has 0 fully saturated rings. The van der Waals surface area contributed by atoms with Crippen LogP contribution < -0.4 is 33.8 Å². The van der Waals surface area contributed by atoms with Crippen molar-refractivity contribution in [1.29, 1.82) is 0 Å². The highest BCUT2D eigenvalue weighted by molar-refractivity contribution is 7.07. The lowest BCUT2D eigenvalue weighted by Crippen LogP contribution is -2.40. The molecule has 13 heteroatoms. The number of carbonyl (C=O) groups is 1. The third-order valence-corrected chi connectivity index (χ3v) is 9.65. The molecule has 0 bridgehead atoms. The van der Waals surface area contributed by atoms with E-state index in [9.17, 15) is 9.59 Å². The van der Waals surface area contributed by atoms with Gasteiger partial charge in [0.05, 0.1) is 42.7 Å². The number of esters is 1. The zero-order valence-electron chi connectivity index (χ0n) is 29.6. The van der Waals surface area contributed by atoms with Crippen LogP contribution >= 0.6 is 34.5 Å². The standard InChI is InChI=1S/C39H40Cl2N2O8S/c1-7-11-25-18-24(19-31(48-8-2)35(25)51-22-26-14-15-27(40)21-29(26)41)20-32-37(44)43-34(28-12-10-13-30(47-6)36(28)49-9-3)33(23(4)42-39(43)52-32)38(45)50-17-16-46-5/h7,10,12-15,18-21,34H,1,8-9,11,16-17,22H2,2-6H3/b32-20+/t34-/m0/s1. The summed E-state index contributed by atoms with van der Waals surface area (Å²) < 4.78 is 36.6. The maximum absolute atomic E-state index is 14.5. The number of thiazole rings is 1. The van der Waals surface area contributed by atoms with Crippen molar-refractivity contribution in [3.8, 4) is 23.0 Å². The molecule has 52 heavy (non-hydrogen) atoms. The topological polar surface area (TPSA) is 107 Å². The molecule has 0 saturated carbocycles. The highest BCUT2D eigenvalue weighted by atomic mass is 35.5. The largest absolute Gasteiger partial charge is 0.493 e. The number of allylic oxidation sites excluding steroid dienone is 2. The molecule has 0 spiro atoms. The number of hydrogen-bond donors (Lipinski definition) is 0. The Bertz CT molecular complexity index is 2180. The van der Waals surface area contributed by atoms with Crippen molar-refractivity contribution in [1.82, 2.24) is 4.57 Å². The van der Waals surface area contributed by atoms with E-state index in [0.29, 0.717) is 78.8 Å². The molecule has 5 rings (SSSR count). The van der Waals surface area contributed by atoms with Crippen LogP contribution in [0.2, 0.25) is 10.0 Å². The molecule has 4 aromatic rings. The molecule has 3 aromatic carbocycles. The van der Waals surface area contributed by atoms with Gasteiger partial charge in [0, 0.05) is 33.8 Å². The van der Waals surface area contributed by atoms with Crippen LogP contribution in [-0.4, -0.2) is 51.2 Å². The number of aromatic nitrogens is 1. The molecule has 2 heterocycles. The number of nitrogens with zero attached hydrogens (tertiary/aromatic N) is 2. The summed E-state index contributed by atoms with van der Waals surface area (Å²) in [4.78, 5) is 33.3. The minimum Gasteiger partial charge on any atom is -0.493 e.